The number of allylic oxidation sites excluding steroid dienone is 7. The first-order chi connectivity index (χ1) is 5.38. The molecular weight excluding hydrogens is 136 g/mol. The molecule has 0 amide bonds. The molecule has 2 aliphatic carbocycles. The summed E-state index contributed by atoms with van der Waals surface area (Å²) in [5, 5.41) is 9.41. The molecule has 2 rings (SSSR count). The molecule has 0 aliphatic heterocycles. The van der Waals surface area contributed by atoms with Crippen LogP contribution in [0.4, 0.5) is 0 Å². The molecule has 0 bridgehead atoms. The predicted octanol–water partition coefficient (Wildman–Crippen LogP) is 2.50. The molecule has 0 fully saturated rings. The van der Waals surface area contributed by atoms with Crippen LogP contribution in [-0.4, -0.2) is 5.11 Å². The summed E-state index contributed by atoms with van der Waals surface area (Å²) in [5.74, 6) is 0.826. The monoisotopic (exact) mass is 146 g/mol. The number of hydrogen-bond acceptors (Lipinski definition) is 1. The lowest BCUT2D eigenvalue weighted by atomic mass is 9.87. The molecule has 11 heavy (non-hydrogen) atoms. The van der Waals surface area contributed by atoms with Gasteiger partial charge in [0.05, 0.1) is 0 Å². The molecule has 0 heterocycles. The highest BCUT2D eigenvalue weighted by molar-refractivity contribution is 5.41. The van der Waals surface area contributed by atoms with Crippen LogP contribution in [0.5, 0.6) is 0 Å². The van der Waals surface area contributed by atoms with Gasteiger partial charge in [0.2, 0.25) is 0 Å². The molecule has 0 aromatic heterocycles. The first-order valence-corrected chi connectivity index (χ1v) is 3.82. The van der Waals surface area contributed by atoms with E-state index in [0.29, 0.717) is 11.7 Å². The Labute approximate surface area is 66.0 Å². The average Bonchev–Trinajstić information content (AvgIpc) is 2.06. The summed E-state index contributed by atoms with van der Waals surface area (Å²) in [4.78, 5) is 0. The van der Waals surface area contributed by atoms with Crippen molar-refractivity contribution in [1.29, 1.82) is 0 Å². The minimum atomic E-state index is 0.407. The lowest BCUT2D eigenvalue weighted by Gasteiger charge is -2.19. The zero-order valence-electron chi connectivity index (χ0n) is 6.20. The van der Waals surface area contributed by atoms with E-state index in [1.54, 1.807) is 6.08 Å². The summed E-state index contributed by atoms with van der Waals surface area (Å²) in [6.07, 6.45) is 12.9. The van der Waals surface area contributed by atoms with Crippen LogP contribution < -0.4 is 0 Å². The van der Waals surface area contributed by atoms with Gasteiger partial charge in [0.25, 0.3) is 0 Å². The Morgan fingerprint density at radius 1 is 1.27 bits per heavy atom. The van der Waals surface area contributed by atoms with Crippen molar-refractivity contribution in [3.05, 3.63) is 47.8 Å². The molecule has 1 unspecified atom stereocenters. The van der Waals surface area contributed by atoms with E-state index in [0.717, 1.165) is 12.0 Å². The predicted molar refractivity (Wildman–Crippen MR) is 45.2 cm³/mol. The molecule has 1 atom stereocenters. The van der Waals surface area contributed by atoms with Crippen LogP contribution in [0.2, 0.25) is 0 Å². The number of aliphatic hydroxyl groups excluding tert-OH is 1. The highest BCUT2D eigenvalue weighted by Crippen LogP contribution is 2.29. The first-order valence-electron chi connectivity index (χ1n) is 3.82. The number of fused-ring (bicyclic) bond motifs is 1. The standard InChI is InChI=1S/C10H10O/c11-10-7-3-5-8-4-1-2-6-9(8)10/h1-3,5-8,11H,4H2. The van der Waals surface area contributed by atoms with Crippen molar-refractivity contribution in [3.63, 3.8) is 0 Å². The third-order valence-corrected chi connectivity index (χ3v) is 2.09. The SMILES string of the molecule is OC1=CC=CC2CC=CC=C12. The maximum Gasteiger partial charge on any atom is 0.119 e. The third kappa shape index (κ3) is 1.03. The second-order valence-electron chi connectivity index (χ2n) is 2.83. The second-order valence-corrected chi connectivity index (χ2v) is 2.83. The van der Waals surface area contributed by atoms with Crippen molar-refractivity contribution < 1.29 is 5.11 Å². The lowest BCUT2D eigenvalue weighted by Crippen LogP contribution is -2.07. The van der Waals surface area contributed by atoms with Gasteiger partial charge in [-0.3, -0.25) is 0 Å². The maximum absolute atomic E-state index is 9.41. The Kier molecular flexibility index (Phi) is 1.42. The number of rotatable bonds is 0. The summed E-state index contributed by atoms with van der Waals surface area (Å²) in [7, 11) is 0. The Hall–Kier alpha value is -1.24. The van der Waals surface area contributed by atoms with Crippen molar-refractivity contribution in [1.82, 2.24) is 0 Å². The van der Waals surface area contributed by atoms with E-state index in [4.69, 9.17) is 0 Å². The van der Waals surface area contributed by atoms with Crippen LogP contribution in [-0.2, 0) is 0 Å². The molecule has 0 saturated carbocycles. The Morgan fingerprint density at radius 3 is 3.00 bits per heavy atom. The molecular formula is C10H10O. The summed E-state index contributed by atoms with van der Waals surface area (Å²) >= 11 is 0. The summed E-state index contributed by atoms with van der Waals surface area (Å²) in [6.45, 7) is 0. The molecule has 0 aromatic rings. The molecule has 0 radical (unpaired) electrons. The van der Waals surface area contributed by atoms with Crippen molar-refractivity contribution in [2.24, 2.45) is 5.92 Å². The van der Waals surface area contributed by atoms with Gasteiger partial charge >= 0.3 is 0 Å². The summed E-state index contributed by atoms with van der Waals surface area (Å²) in [5.41, 5.74) is 1.05. The van der Waals surface area contributed by atoms with E-state index in [1.165, 1.54) is 0 Å². The normalized spacial score (nSPS) is 27.5. The fourth-order valence-electron chi connectivity index (χ4n) is 1.48. The van der Waals surface area contributed by atoms with Gasteiger partial charge in [-0.2, -0.15) is 0 Å². The molecule has 1 N–H and O–H groups in total. The molecule has 1 heteroatoms. The molecule has 2 aliphatic rings. The lowest BCUT2D eigenvalue weighted by molar-refractivity contribution is 0.409. The Morgan fingerprint density at radius 2 is 2.18 bits per heavy atom. The van der Waals surface area contributed by atoms with E-state index in [9.17, 15) is 5.11 Å². The first kappa shape index (κ1) is 6.47. The van der Waals surface area contributed by atoms with Crippen molar-refractivity contribution in [2.75, 3.05) is 0 Å². The molecule has 0 aromatic carbocycles. The van der Waals surface area contributed by atoms with Crippen molar-refractivity contribution in [2.45, 2.75) is 6.42 Å². The van der Waals surface area contributed by atoms with Crippen LogP contribution >= 0.6 is 0 Å². The smallest absolute Gasteiger partial charge is 0.119 e. The quantitative estimate of drug-likeness (QED) is 0.556. The van der Waals surface area contributed by atoms with E-state index in [-0.39, 0.29) is 0 Å². The summed E-state index contributed by atoms with van der Waals surface area (Å²) in [6, 6.07) is 0. The van der Waals surface area contributed by atoms with Gasteiger partial charge in [0.1, 0.15) is 5.76 Å². The van der Waals surface area contributed by atoms with Gasteiger partial charge in [-0.1, -0.05) is 30.4 Å². The Bertz CT molecular complexity index is 279. The topological polar surface area (TPSA) is 20.2 Å². The van der Waals surface area contributed by atoms with Crippen LogP contribution in [0.1, 0.15) is 6.42 Å². The number of aliphatic hydroxyl groups is 1. The van der Waals surface area contributed by atoms with Gasteiger partial charge in [-0.05, 0) is 12.5 Å². The number of hydrogen-bond donors (Lipinski definition) is 1. The van der Waals surface area contributed by atoms with Gasteiger partial charge in [0.15, 0.2) is 0 Å². The van der Waals surface area contributed by atoms with Gasteiger partial charge in [0, 0.05) is 11.5 Å². The average molecular weight is 146 g/mol. The zero-order chi connectivity index (χ0) is 7.68. The maximum atomic E-state index is 9.41. The Balaban J connectivity index is 2.40. The van der Waals surface area contributed by atoms with Crippen LogP contribution in [0.3, 0.4) is 0 Å². The molecule has 56 valence electrons. The van der Waals surface area contributed by atoms with E-state index in [2.05, 4.69) is 12.2 Å². The van der Waals surface area contributed by atoms with E-state index < -0.39 is 0 Å². The zero-order valence-corrected chi connectivity index (χ0v) is 6.20. The van der Waals surface area contributed by atoms with Crippen LogP contribution in [0, 0.1) is 5.92 Å². The van der Waals surface area contributed by atoms with Crippen molar-refractivity contribution in [3.8, 4) is 0 Å². The van der Waals surface area contributed by atoms with Gasteiger partial charge < -0.3 is 5.11 Å². The summed E-state index contributed by atoms with van der Waals surface area (Å²) < 4.78 is 0. The highest BCUT2D eigenvalue weighted by Gasteiger charge is 2.17. The molecule has 0 spiro atoms. The highest BCUT2D eigenvalue weighted by atomic mass is 16.3. The molecule has 1 nitrogen and oxygen atoms in total. The minimum Gasteiger partial charge on any atom is -0.508 e. The fraction of sp³-hybridized carbons (Fsp3) is 0.200. The van der Waals surface area contributed by atoms with Crippen LogP contribution in [0.15, 0.2) is 47.8 Å². The van der Waals surface area contributed by atoms with E-state index >= 15 is 0 Å². The largest absolute Gasteiger partial charge is 0.508 e. The van der Waals surface area contributed by atoms with Crippen molar-refractivity contribution >= 4 is 0 Å². The molecule has 0 saturated heterocycles. The van der Waals surface area contributed by atoms with Gasteiger partial charge in [-0.25, -0.2) is 0 Å². The third-order valence-electron chi connectivity index (χ3n) is 2.09. The van der Waals surface area contributed by atoms with E-state index in [1.807, 2.05) is 18.2 Å². The van der Waals surface area contributed by atoms with Crippen LogP contribution in [0.25, 0.3) is 0 Å². The second kappa shape index (κ2) is 2.42. The van der Waals surface area contributed by atoms with Gasteiger partial charge in [-0.15, -0.1) is 0 Å². The fourth-order valence-corrected chi connectivity index (χ4v) is 1.48. The minimum absolute atomic E-state index is 0.407.